The summed E-state index contributed by atoms with van der Waals surface area (Å²) in [7, 11) is -3.41. The van der Waals surface area contributed by atoms with Gasteiger partial charge in [-0.1, -0.05) is 18.2 Å². The van der Waals surface area contributed by atoms with Gasteiger partial charge in [-0.3, -0.25) is 0 Å². The first kappa shape index (κ1) is 9.98. The standard InChI is InChI=1S/C11H11NO2S/c1-10-6-5-9-12(10)15(13,14)11-7-3-2-4-8-11/h2-9H,1H3. The topological polar surface area (TPSA) is 39.1 Å². The Bertz CT molecular complexity index is 555. The van der Waals surface area contributed by atoms with Crippen molar-refractivity contribution in [3.8, 4) is 0 Å². The zero-order chi connectivity index (χ0) is 10.9. The fraction of sp³-hybridized carbons (Fsp3) is 0.0909. The molecule has 0 N–H and O–H groups in total. The summed E-state index contributed by atoms with van der Waals surface area (Å²) in [6.45, 7) is 1.76. The lowest BCUT2D eigenvalue weighted by molar-refractivity contribution is 0.586. The monoisotopic (exact) mass is 221 g/mol. The van der Waals surface area contributed by atoms with Gasteiger partial charge < -0.3 is 0 Å². The van der Waals surface area contributed by atoms with Crippen LogP contribution < -0.4 is 0 Å². The molecule has 1 aromatic carbocycles. The molecule has 4 heteroatoms. The molecule has 0 spiro atoms. The number of hydrogen-bond donors (Lipinski definition) is 0. The van der Waals surface area contributed by atoms with Gasteiger partial charge in [0, 0.05) is 11.9 Å². The van der Waals surface area contributed by atoms with E-state index in [1.54, 1.807) is 55.6 Å². The van der Waals surface area contributed by atoms with Crippen molar-refractivity contribution < 1.29 is 8.42 Å². The summed E-state index contributed by atoms with van der Waals surface area (Å²) in [4.78, 5) is 0.310. The molecule has 0 atom stereocenters. The average molecular weight is 221 g/mol. The minimum atomic E-state index is -3.41. The lowest BCUT2D eigenvalue weighted by Gasteiger charge is -2.07. The molecule has 0 saturated carbocycles. The van der Waals surface area contributed by atoms with Crippen LogP contribution in [-0.4, -0.2) is 12.4 Å². The molecule has 0 aliphatic carbocycles. The molecule has 0 fully saturated rings. The Kier molecular flexibility index (Phi) is 2.36. The zero-order valence-electron chi connectivity index (χ0n) is 8.29. The molecule has 1 aromatic heterocycles. The smallest absolute Gasteiger partial charge is 0.246 e. The molecule has 0 aliphatic heterocycles. The zero-order valence-corrected chi connectivity index (χ0v) is 9.11. The van der Waals surface area contributed by atoms with Crippen molar-refractivity contribution in [2.75, 3.05) is 0 Å². The van der Waals surface area contributed by atoms with Crippen LogP contribution in [-0.2, 0) is 10.0 Å². The van der Waals surface area contributed by atoms with Gasteiger partial charge in [0.05, 0.1) is 4.90 Å². The van der Waals surface area contributed by atoms with E-state index in [0.717, 1.165) is 0 Å². The van der Waals surface area contributed by atoms with Crippen LogP contribution in [0.4, 0.5) is 0 Å². The molecule has 0 aliphatic rings. The van der Waals surface area contributed by atoms with Gasteiger partial charge in [0.2, 0.25) is 0 Å². The highest BCUT2D eigenvalue weighted by molar-refractivity contribution is 7.90. The second-order valence-electron chi connectivity index (χ2n) is 3.26. The molecule has 0 amide bonds. The summed E-state index contributed by atoms with van der Waals surface area (Å²) in [6.07, 6.45) is 1.55. The summed E-state index contributed by atoms with van der Waals surface area (Å²) in [5.74, 6) is 0. The fourth-order valence-corrected chi connectivity index (χ4v) is 2.83. The summed E-state index contributed by atoms with van der Waals surface area (Å²) in [5.41, 5.74) is 0.707. The van der Waals surface area contributed by atoms with E-state index >= 15 is 0 Å². The van der Waals surface area contributed by atoms with Crippen LogP contribution in [0.25, 0.3) is 0 Å². The number of benzene rings is 1. The Hall–Kier alpha value is -1.55. The summed E-state index contributed by atoms with van der Waals surface area (Å²) < 4.78 is 25.4. The van der Waals surface area contributed by atoms with Crippen LogP contribution >= 0.6 is 0 Å². The van der Waals surface area contributed by atoms with Crippen molar-refractivity contribution in [1.82, 2.24) is 3.97 Å². The van der Waals surface area contributed by atoms with Gasteiger partial charge in [0.1, 0.15) is 0 Å². The van der Waals surface area contributed by atoms with Crippen LogP contribution in [0.15, 0.2) is 53.6 Å². The minimum absolute atomic E-state index is 0.310. The normalized spacial score (nSPS) is 11.5. The number of hydrogen-bond acceptors (Lipinski definition) is 2. The van der Waals surface area contributed by atoms with E-state index < -0.39 is 10.0 Å². The molecule has 1 heterocycles. The van der Waals surface area contributed by atoms with E-state index in [2.05, 4.69) is 0 Å². The molecule has 0 radical (unpaired) electrons. The number of rotatable bonds is 2. The second kappa shape index (κ2) is 3.55. The van der Waals surface area contributed by atoms with Gasteiger partial charge >= 0.3 is 0 Å². The third kappa shape index (κ3) is 1.68. The summed E-state index contributed by atoms with van der Waals surface area (Å²) in [5, 5.41) is 0. The van der Waals surface area contributed by atoms with Crippen LogP contribution in [0.5, 0.6) is 0 Å². The third-order valence-electron chi connectivity index (χ3n) is 2.21. The highest BCUT2D eigenvalue weighted by atomic mass is 32.2. The summed E-state index contributed by atoms with van der Waals surface area (Å²) >= 11 is 0. The molecule has 0 saturated heterocycles. The Balaban J connectivity index is 2.60. The largest absolute Gasteiger partial charge is 0.267 e. The van der Waals surface area contributed by atoms with Crippen LogP contribution in [0.1, 0.15) is 5.69 Å². The molecule has 2 rings (SSSR count). The van der Waals surface area contributed by atoms with E-state index in [4.69, 9.17) is 0 Å². The van der Waals surface area contributed by atoms with E-state index in [-0.39, 0.29) is 0 Å². The number of aryl methyl sites for hydroxylation is 1. The fourth-order valence-electron chi connectivity index (χ4n) is 1.43. The van der Waals surface area contributed by atoms with Crippen LogP contribution in [0, 0.1) is 6.92 Å². The maximum atomic E-state index is 12.1. The van der Waals surface area contributed by atoms with E-state index in [1.807, 2.05) is 0 Å². The van der Waals surface area contributed by atoms with Crippen molar-refractivity contribution in [3.63, 3.8) is 0 Å². The van der Waals surface area contributed by atoms with E-state index in [1.165, 1.54) is 3.97 Å². The maximum Gasteiger partial charge on any atom is 0.267 e. The summed E-state index contributed by atoms with van der Waals surface area (Å²) in [6, 6.07) is 11.9. The van der Waals surface area contributed by atoms with Gasteiger partial charge in [-0.15, -0.1) is 0 Å². The molecule has 2 aromatic rings. The van der Waals surface area contributed by atoms with Crippen LogP contribution in [0.2, 0.25) is 0 Å². The molecule has 3 nitrogen and oxygen atoms in total. The molecule has 15 heavy (non-hydrogen) atoms. The average Bonchev–Trinajstić information content (AvgIpc) is 2.66. The third-order valence-corrected chi connectivity index (χ3v) is 4.00. The second-order valence-corrected chi connectivity index (χ2v) is 5.08. The lowest BCUT2D eigenvalue weighted by atomic mass is 10.4. The first-order valence-corrected chi connectivity index (χ1v) is 6.01. The quantitative estimate of drug-likeness (QED) is 0.778. The first-order valence-electron chi connectivity index (χ1n) is 4.57. The minimum Gasteiger partial charge on any atom is -0.246 e. The molecular weight excluding hydrogens is 210 g/mol. The molecular formula is C11H11NO2S. The molecule has 78 valence electrons. The van der Waals surface area contributed by atoms with E-state index in [0.29, 0.717) is 10.6 Å². The molecule has 0 bridgehead atoms. The van der Waals surface area contributed by atoms with Crippen molar-refractivity contribution in [2.24, 2.45) is 0 Å². The Morgan fingerprint density at radius 2 is 1.67 bits per heavy atom. The van der Waals surface area contributed by atoms with Gasteiger partial charge in [-0.2, -0.15) is 0 Å². The SMILES string of the molecule is Cc1cccn1S(=O)(=O)c1ccccc1. The first-order chi connectivity index (χ1) is 7.12. The predicted molar refractivity (Wildman–Crippen MR) is 58.2 cm³/mol. The Morgan fingerprint density at radius 1 is 1.00 bits per heavy atom. The van der Waals surface area contributed by atoms with Crippen molar-refractivity contribution in [2.45, 2.75) is 11.8 Å². The molecule has 0 unspecified atom stereocenters. The number of aromatic nitrogens is 1. The van der Waals surface area contributed by atoms with Gasteiger partial charge in [-0.25, -0.2) is 12.4 Å². The van der Waals surface area contributed by atoms with Crippen molar-refractivity contribution >= 4 is 10.0 Å². The van der Waals surface area contributed by atoms with Crippen LogP contribution in [0.3, 0.4) is 0 Å². The number of nitrogens with zero attached hydrogens (tertiary/aromatic N) is 1. The van der Waals surface area contributed by atoms with Crippen molar-refractivity contribution in [3.05, 3.63) is 54.4 Å². The van der Waals surface area contributed by atoms with E-state index in [9.17, 15) is 8.42 Å². The lowest BCUT2D eigenvalue weighted by Crippen LogP contribution is -2.12. The Morgan fingerprint density at radius 3 is 2.20 bits per heavy atom. The maximum absolute atomic E-state index is 12.1. The predicted octanol–water partition coefficient (Wildman–Crippen LogP) is 2.03. The van der Waals surface area contributed by atoms with Gasteiger partial charge in [0.25, 0.3) is 10.0 Å². The van der Waals surface area contributed by atoms with Gasteiger partial charge in [-0.05, 0) is 31.2 Å². The Labute approximate surface area is 89.0 Å². The highest BCUT2D eigenvalue weighted by Gasteiger charge is 2.16. The highest BCUT2D eigenvalue weighted by Crippen LogP contribution is 2.15. The van der Waals surface area contributed by atoms with Crippen molar-refractivity contribution in [1.29, 1.82) is 0 Å². The van der Waals surface area contributed by atoms with Gasteiger partial charge in [0.15, 0.2) is 0 Å².